The van der Waals surface area contributed by atoms with Gasteiger partial charge in [-0.3, -0.25) is 14.9 Å². The number of aromatic nitrogens is 8. The molecule has 2 saturated heterocycles. The first kappa shape index (κ1) is 55.0. The average Bonchev–Trinajstić information content (AvgIpc) is 4.28. The van der Waals surface area contributed by atoms with Crippen molar-refractivity contribution in [2.75, 3.05) is 78.5 Å². The van der Waals surface area contributed by atoms with E-state index in [4.69, 9.17) is 28.9 Å². The number of aromatic amines is 1. The smallest absolute Gasteiger partial charge is 0.416 e. The van der Waals surface area contributed by atoms with Crippen LogP contribution in [-0.2, 0) is 18.9 Å². The largest absolute Gasteiger partial charge is 0.443 e. The molecule has 4 aliphatic carbocycles. The molecule has 6 heterocycles. The van der Waals surface area contributed by atoms with Gasteiger partial charge in [0.1, 0.15) is 34.5 Å². The predicted molar refractivity (Wildman–Crippen MR) is 273 cm³/mol. The van der Waals surface area contributed by atoms with Crippen LogP contribution in [0.4, 0.5) is 50.4 Å². The zero-order valence-electron chi connectivity index (χ0n) is 43.7. The highest BCUT2D eigenvalue weighted by Crippen LogP contribution is 2.41. The van der Waals surface area contributed by atoms with Gasteiger partial charge in [0.25, 0.3) is 5.95 Å². The molecule has 2 amide bonds. The van der Waals surface area contributed by atoms with Gasteiger partial charge in [-0.2, -0.15) is 20.2 Å². The fourth-order valence-electron chi connectivity index (χ4n) is 9.14. The summed E-state index contributed by atoms with van der Waals surface area (Å²) in [6, 6.07) is 6.66. The van der Waals surface area contributed by atoms with Crippen molar-refractivity contribution in [1.29, 1.82) is 0 Å². The van der Waals surface area contributed by atoms with Crippen molar-refractivity contribution in [3.8, 4) is 5.95 Å². The van der Waals surface area contributed by atoms with Crippen LogP contribution >= 0.6 is 11.8 Å². The van der Waals surface area contributed by atoms with E-state index in [9.17, 15) is 27.2 Å². The van der Waals surface area contributed by atoms with E-state index in [1.54, 1.807) is 58.4 Å². The van der Waals surface area contributed by atoms with Gasteiger partial charge in [0.05, 0.1) is 32.1 Å². The second kappa shape index (κ2) is 23.3. The zero-order chi connectivity index (χ0) is 52.8. The lowest BCUT2D eigenvalue weighted by Gasteiger charge is -2.37. The molecule has 2 aliphatic heterocycles. The second-order valence-electron chi connectivity index (χ2n) is 21.8. The number of nitrogens with zero attached hydrogens (tertiary/aromatic N) is 11. The molecule has 23 heteroatoms. The molecule has 74 heavy (non-hydrogen) atoms. The van der Waals surface area contributed by atoms with Crippen molar-refractivity contribution < 1.29 is 46.1 Å². The van der Waals surface area contributed by atoms with Gasteiger partial charge in [-0.1, -0.05) is 11.8 Å². The summed E-state index contributed by atoms with van der Waals surface area (Å²) in [6.45, 7) is 15.7. The van der Waals surface area contributed by atoms with E-state index < -0.39 is 47.3 Å². The molecule has 0 spiro atoms. The fourth-order valence-corrected chi connectivity index (χ4v) is 9.51. The number of ether oxygens (including phenoxy) is 4. The highest BCUT2D eigenvalue weighted by atomic mass is 32.2. The van der Waals surface area contributed by atoms with E-state index in [2.05, 4.69) is 41.1 Å². The Hall–Kier alpha value is -5.29. The Morgan fingerprint density at radius 2 is 1.15 bits per heavy atom. The average molecular weight is 1060 g/mol. The summed E-state index contributed by atoms with van der Waals surface area (Å²) >= 11 is 1.37. The Morgan fingerprint density at radius 1 is 0.676 bits per heavy atom. The first-order valence-electron chi connectivity index (χ1n) is 26.0. The Labute approximate surface area is 435 Å². The van der Waals surface area contributed by atoms with Crippen molar-refractivity contribution in [2.24, 2.45) is 0 Å². The number of halogens is 4. The molecule has 1 N–H and O–H groups in total. The van der Waals surface area contributed by atoms with E-state index in [1.807, 2.05) is 24.7 Å². The minimum absolute atomic E-state index is 0.159. The number of morpholine rings is 2. The molecular weight excluding hydrogens is 985 g/mol. The highest BCUT2D eigenvalue weighted by Gasteiger charge is 2.43. The molecule has 0 aromatic carbocycles. The third kappa shape index (κ3) is 15.4. The molecular formula is C51H72F4N12O6S. The monoisotopic (exact) mass is 1060 g/mol. The Bertz CT molecular complexity index is 2470. The number of thioether (sulfide) groups is 1. The number of amides is 2. The Balaban J connectivity index is 0.000000172. The molecule has 4 aromatic rings. The molecule has 0 unspecified atom stereocenters. The summed E-state index contributed by atoms with van der Waals surface area (Å²) in [5, 5.41) is 12.0. The van der Waals surface area contributed by atoms with Crippen LogP contribution in [0.3, 0.4) is 0 Å². The van der Waals surface area contributed by atoms with Crippen molar-refractivity contribution in [1.82, 2.24) is 39.9 Å². The van der Waals surface area contributed by atoms with Gasteiger partial charge < -0.3 is 28.7 Å². The molecule has 18 nitrogen and oxygen atoms in total. The lowest BCUT2D eigenvalue weighted by Crippen LogP contribution is -2.47. The molecule has 6 fully saturated rings. The molecule has 0 atom stereocenters. The van der Waals surface area contributed by atoms with Gasteiger partial charge in [0, 0.05) is 106 Å². The lowest BCUT2D eigenvalue weighted by molar-refractivity contribution is -0.0392. The van der Waals surface area contributed by atoms with Gasteiger partial charge in [0.15, 0.2) is 5.16 Å². The number of alkyl halides is 4. The van der Waals surface area contributed by atoms with Gasteiger partial charge in [-0.15, -0.1) is 0 Å². The topological polar surface area (TPSA) is 182 Å². The summed E-state index contributed by atoms with van der Waals surface area (Å²) in [6.07, 6.45) is 8.89. The fraction of sp³-hybridized carbons (Fsp3) is 0.686. The summed E-state index contributed by atoms with van der Waals surface area (Å²) in [7, 11) is 0. The molecule has 0 radical (unpaired) electrons. The Morgan fingerprint density at radius 3 is 1.58 bits per heavy atom. The van der Waals surface area contributed by atoms with Crippen molar-refractivity contribution in [2.45, 2.75) is 171 Å². The van der Waals surface area contributed by atoms with E-state index in [0.717, 1.165) is 24.5 Å². The number of hydrogen-bond donors (Lipinski definition) is 1. The minimum atomic E-state index is -2.72. The predicted octanol–water partition coefficient (Wildman–Crippen LogP) is 10.3. The van der Waals surface area contributed by atoms with E-state index in [-0.39, 0.29) is 51.4 Å². The number of rotatable bonds is 10. The normalized spacial score (nSPS) is 20.4. The SMILES string of the molecule is CC(C)(C)OC(=O)N(c1cc(N2CCOCC2)nc(-n2ccc(C3CC3)n2)n1)C1CCC(F)(F)CC1.CSc1nc(N2CCOCC2)cc(N(C(=O)OC(C)(C)C)C2CCC(F)(F)CC2)n1.c1cc(C2CC2)[nH]n1. The summed E-state index contributed by atoms with van der Waals surface area (Å²) in [4.78, 5) is 52.2. The second-order valence-corrected chi connectivity index (χ2v) is 22.5. The van der Waals surface area contributed by atoms with Crippen molar-refractivity contribution >= 4 is 47.2 Å². The van der Waals surface area contributed by atoms with Gasteiger partial charge in [0.2, 0.25) is 11.8 Å². The summed E-state index contributed by atoms with van der Waals surface area (Å²) < 4.78 is 79.4. The van der Waals surface area contributed by atoms with Crippen LogP contribution in [0.15, 0.2) is 41.8 Å². The Kier molecular flexibility index (Phi) is 17.3. The van der Waals surface area contributed by atoms with E-state index >= 15 is 0 Å². The quantitative estimate of drug-likeness (QED) is 0.0899. The first-order valence-corrected chi connectivity index (χ1v) is 27.2. The van der Waals surface area contributed by atoms with Crippen molar-refractivity contribution in [3.63, 3.8) is 0 Å². The van der Waals surface area contributed by atoms with Gasteiger partial charge in [-0.25, -0.2) is 41.8 Å². The number of anilines is 4. The summed E-state index contributed by atoms with van der Waals surface area (Å²) in [5.41, 5.74) is 0.842. The summed E-state index contributed by atoms with van der Waals surface area (Å²) in [5.74, 6) is -1.75. The first-order chi connectivity index (χ1) is 35.1. The van der Waals surface area contributed by atoms with Crippen LogP contribution in [0.25, 0.3) is 5.95 Å². The van der Waals surface area contributed by atoms with E-state index in [1.165, 1.54) is 40.1 Å². The highest BCUT2D eigenvalue weighted by molar-refractivity contribution is 7.98. The molecule has 4 saturated carbocycles. The molecule has 10 rings (SSSR count). The molecule has 4 aromatic heterocycles. The number of carbonyl (C=O) groups is 2. The number of nitrogens with one attached hydrogen (secondary N) is 1. The number of carbonyl (C=O) groups excluding carboxylic acids is 2. The third-order valence-corrected chi connectivity index (χ3v) is 13.9. The van der Waals surface area contributed by atoms with Crippen LogP contribution in [-0.4, -0.2) is 146 Å². The maximum atomic E-state index is 14.0. The minimum Gasteiger partial charge on any atom is -0.443 e. The third-order valence-electron chi connectivity index (χ3n) is 13.3. The van der Waals surface area contributed by atoms with Crippen LogP contribution in [0, 0.1) is 0 Å². The van der Waals surface area contributed by atoms with Crippen LogP contribution < -0.4 is 19.6 Å². The number of hydrogen-bond acceptors (Lipinski definition) is 15. The van der Waals surface area contributed by atoms with Gasteiger partial charge in [-0.05, 0) is 111 Å². The maximum absolute atomic E-state index is 14.0. The van der Waals surface area contributed by atoms with Crippen molar-refractivity contribution in [3.05, 3.63) is 48.0 Å². The lowest BCUT2D eigenvalue weighted by atomic mass is 9.91. The molecule has 406 valence electrons. The van der Waals surface area contributed by atoms with Crippen LogP contribution in [0.5, 0.6) is 0 Å². The molecule has 6 aliphatic rings. The van der Waals surface area contributed by atoms with Crippen LogP contribution in [0.1, 0.15) is 142 Å². The van der Waals surface area contributed by atoms with E-state index in [0.29, 0.717) is 92.9 Å². The van der Waals surface area contributed by atoms with Gasteiger partial charge >= 0.3 is 12.2 Å². The van der Waals surface area contributed by atoms with Crippen LogP contribution in [0.2, 0.25) is 0 Å². The maximum Gasteiger partial charge on any atom is 0.416 e. The molecule has 0 bridgehead atoms. The zero-order valence-corrected chi connectivity index (χ0v) is 44.5. The number of H-pyrrole nitrogens is 1. The standard InChI is InChI=1S/C25H34F2N6O3.C20H30F2N4O3S.C6H8N2/c1-24(2,3)36-23(34)33(18-6-9-25(26,27)10-7-18)21-16-20(31-12-14-35-15-13-31)28-22(29-21)32-11-8-19(30-32)17-4-5-17;1-19(2,3)29-18(27)26(14-5-7-20(21,22)8-6-14)16-13-15(23-17(24-16)30-4)25-9-11-28-12-10-25;1-2-5(1)6-3-4-7-8-6/h8,11,16-18H,4-7,9-10,12-15H2,1-3H3;13-14H,5-12H2,1-4H3;3-5H,1-2H2,(H,7,8).